The Hall–Kier alpha value is -0.610. The molecule has 1 N–H and O–H groups in total. The number of ether oxygens (including phenoxy) is 1. The average molecular weight is 228 g/mol. The lowest BCUT2D eigenvalue weighted by Gasteiger charge is -2.31. The van der Waals surface area contributed by atoms with E-state index in [1.807, 2.05) is 6.92 Å². The van der Waals surface area contributed by atoms with Gasteiger partial charge in [0.25, 0.3) is 0 Å². The Labute approximate surface area is 98.3 Å². The quantitative estimate of drug-likeness (QED) is 0.709. The standard InChI is InChI=1S/C12H24N2O2/c1-4-10(12(15)16-3)8-13-11-6-5-7-14(2)9-11/h10-11,13H,4-9H2,1-3H3. The predicted octanol–water partition coefficient (Wildman–Crippen LogP) is 0.869. The van der Waals surface area contributed by atoms with E-state index >= 15 is 0 Å². The Bertz CT molecular complexity index is 221. The smallest absolute Gasteiger partial charge is 0.309 e. The van der Waals surface area contributed by atoms with Crippen molar-refractivity contribution < 1.29 is 9.53 Å². The number of carbonyl (C=O) groups is 1. The molecule has 1 saturated heterocycles. The van der Waals surface area contributed by atoms with E-state index in [0.717, 1.165) is 19.5 Å². The van der Waals surface area contributed by atoms with Crippen LogP contribution in [0.5, 0.6) is 0 Å². The fourth-order valence-electron chi connectivity index (χ4n) is 2.20. The first-order valence-corrected chi connectivity index (χ1v) is 6.17. The third kappa shape index (κ3) is 4.10. The highest BCUT2D eigenvalue weighted by atomic mass is 16.5. The van der Waals surface area contributed by atoms with Gasteiger partial charge in [0.2, 0.25) is 0 Å². The van der Waals surface area contributed by atoms with Gasteiger partial charge in [-0.05, 0) is 32.9 Å². The highest BCUT2D eigenvalue weighted by Crippen LogP contribution is 2.10. The monoisotopic (exact) mass is 228 g/mol. The van der Waals surface area contributed by atoms with Crippen LogP contribution in [-0.2, 0) is 9.53 Å². The van der Waals surface area contributed by atoms with E-state index in [4.69, 9.17) is 4.74 Å². The lowest BCUT2D eigenvalue weighted by Crippen LogP contribution is -2.46. The molecule has 1 rings (SSSR count). The maximum Gasteiger partial charge on any atom is 0.309 e. The molecule has 2 atom stereocenters. The summed E-state index contributed by atoms with van der Waals surface area (Å²) < 4.78 is 4.77. The van der Waals surface area contributed by atoms with Crippen LogP contribution >= 0.6 is 0 Å². The summed E-state index contributed by atoms with van der Waals surface area (Å²) in [7, 11) is 3.60. The molecule has 94 valence electrons. The summed E-state index contributed by atoms with van der Waals surface area (Å²) >= 11 is 0. The second-order valence-electron chi connectivity index (χ2n) is 4.64. The molecule has 0 spiro atoms. The van der Waals surface area contributed by atoms with E-state index < -0.39 is 0 Å². The van der Waals surface area contributed by atoms with Crippen LogP contribution in [0.3, 0.4) is 0 Å². The zero-order valence-electron chi connectivity index (χ0n) is 10.7. The van der Waals surface area contributed by atoms with Crippen molar-refractivity contribution in [3.63, 3.8) is 0 Å². The zero-order valence-corrected chi connectivity index (χ0v) is 10.7. The molecule has 1 fully saturated rings. The first-order chi connectivity index (χ1) is 7.67. The van der Waals surface area contributed by atoms with Gasteiger partial charge in [-0.2, -0.15) is 0 Å². The van der Waals surface area contributed by atoms with Crippen molar-refractivity contribution in [2.75, 3.05) is 33.8 Å². The number of hydrogen-bond acceptors (Lipinski definition) is 4. The summed E-state index contributed by atoms with van der Waals surface area (Å²) in [5.41, 5.74) is 0. The molecule has 0 saturated carbocycles. The van der Waals surface area contributed by atoms with Crippen molar-refractivity contribution in [2.45, 2.75) is 32.2 Å². The van der Waals surface area contributed by atoms with Gasteiger partial charge in [0.05, 0.1) is 13.0 Å². The maximum atomic E-state index is 11.4. The van der Waals surface area contributed by atoms with E-state index in [-0.39, 0.29) is 11.9 Å². The van der Waals surface area contributed by atoms with Gasteiger partial charge in [0.15, 0.2) is 0 Å². The number of rotatable bonds is 5. The van der Waals surface area contributed by atoms with Gasteiger partial charge in [-0.15, -0.1) is 0 Å². The third-order valence-corrected chi connectivity index (χ3v) is 3.30. The van der Waals surface area contributed by atoms with Gasteiger partial charge >= 0.3 is 5.97 Å². The topological polar surface area (TPSA) is 41.6 Å². The van der Waals surface area contributed by atoms with Gasteiger partial charge in [-0.3, -0.25) is 4.79 Å². The van der Waals surface area contributed by atoms with E-state index in [9.17, 15) is 4.79 Å². The lowest BCUT2D eigenvalue weighted by atomic mass is 10.0. The van der Waals surface area contributed by atoms with Crippen LogP contribution in [0.1, 0.15) is 26.2 Å². The molecule has 4 heteroatoms. The highest BCUT2D eigenvalue weighted by molar-refractivity contribution is 5.72. The Kier molecular flexibility index (Phi) is 5.77. The largest absolute Gasteiger partial charge is 0.469 e. The molecule has 0 amide bonds. The van der Waals surface area contributed by atoms with Crippen LogP contribution in [0.25, 0.3) is 0 Å². The molecular weight excluding hydrogens is 204 g/mol. The predicted molar refractivity (Wildman–Crippen MR) is 64.3 cm³/mol. The molecule has 0 aromatic heterocycles. The number of esters is 1. The molecule has 0 aliphatic carbocycles. The number of nitrogens with zero attached hydrogens (tertiary/aromatic N) is 1. The van der Waals surface area contributed by atoms with Crippen LogP contribution in [-0.4, -0.2) is 50.7 Å². The van der Waals surface area contributed by atoms with Crippen molar-refractivity contribution >= 4 is 5.97 Å². The molecule has 1 aliphatic heterocycles. The molecule has 1 aliphatic rings. The summed E-state index contributed by atoms with van der Waals surface area (Å²) in [6.07, 6.45) is 3.29. The Morgan fingerprint density at radius 3 is 2.94 bits per heavy atom. The molecular formula is C12H24N2O2. The minimum Gasteiger partial charge on any atom is -0.469 e. The molecule has 4 nitrogen and oxygen atoms in total. The summed E-state index contributed by atoms with van der Waals surface area (Å²) in [5, 5.41) is 3.48. The Balaban J connectivity index is 2.28. The van der Waals surface area contributed by atoms with E-state index in [0.29, 0.717) is 6.04 Å². The first kappa shape index (κ1) is 13.5. The van der Waals surface area contributed by atoms with Crippen molar-refractivity contribution in [1.29, 1.82) is 0 Å². The number of methoxy groups -OCH3 is 1. The number of hydrogen-bond donors (Lipinski definition) is 1. The number of likely N-dealkylation sites (tertiary alicyclic amines) is 1. The van der Waals surface area contributed by atoms with Crippen molar-refractivity contribution in [1.82, 2.24) is 10.2 Å². The minimum absolute atomic E-state index is 0.00256. The van der Waals surface area contributed by atoms with Crippen LogP contribution in [0.15, 0.2) is 0 Å². The molecule has 0 radical (unpaired) electrons. The molecule has 16 heavy (non-hydrogen) atoms. The van der Waals surface area contributed by atoms with Crippen LogP contribution < -0.4 is 5.32 Å². The molecule has 0 aromatic carbocycles. The van der Waals surface area contributed by atoms with Crippen LogP contribution in [0.4, 0.5) is 0 Å². The van der Waals surface area contributed by atoms with Gasteiger partial charge in [0, 0.05) is 19.1 Å². The van der Waals surface area contributed by atoms with Crippen LogP contribution in [0.2, 0.25) is 0 Å². The molecule has 0 aromatic rings. The van der Waals surface area contributed by atoms with Gasteiger partial charge in [-0.25, -0.2) is 0 Å². The van der Waals surface area contributed by atoms with Gasteiger partial charge < -0.3 is 15.0 Å². The highest BCUT2D eigenvalue weighted by Gasteiger charge is 2.21. The zero-order chi connectivity index (χ0) is 12.0. The number of likely N-dealkylation sites (N-methyl/N-ethyl adjacent to an activating group) is 1. The van der Waals surface area contributed by atoms with Crippen molar-refractivity contribution in [3.05, 3.63) is 0 Å². The number of nitrogens with one attached hydrogen (secondary N) is 1. The van der Waals surface area contributed by atoms with E-state index in [1.165, 1.54) is 26.5 Å². The number of carbonyl (C=O) groups excluding carboxylic acids is 1. The fraction of sp³-hybridized carbons (Fsp3) is 0.917. The third-order valence-electron chi connectivity index (χ3n) is 3.30. The second-order valence-corrected chi connectivity index (χ2v) is 4.64. The lowest BCUT2D eigenvalue weighted by molar-refractivity contribution is -0.145. The van der Waals surface area contributed by atoms with Crippen molar-refractivity contribution in [2.24, 2.45) is 5.92 Å². The summed E-state index contributed by atoms with van der Waals surface area (Å²) in [4.78, 5) is 13.7. The Morgan fingerprint density at radius 2 is 2.38 bits per heavy atom. The van der Waals surface area contributed by atoms with E-state index in [1.54, 1.807) is 0 Å². The first-order valence-electron chi connectivity index (χ1n) is 6.17. The Morgan fingerprint density at radius 1 is 1.62 bits per heavy atom. The van der Waals surface area contributed by atoms with E-state index in [2.05, 4.69) is 17.3 Å². The molecule has 2 unspecified atom stereocenters. The summed E-state index contributed by atoms with van der Waals surface area (Å²) in [6.45, 7) is 5.03. The maximum absolute atomic E-state index is 11.4. The summed E-state index contributed by atoms with van der Waals surface area (Å²) in [5.74, 6) is -0.101. The SMILES string of the molecule is CCC(CNC1CCCN(C)C1)C(=O)OC. The van der Waals surface area contributed by atoms with Gasteiger partial charge in [-0.1, -0.05) is 6.92 Å². The molecule has 1 heterocycles. The van der Waals surface area contributed by atoms with Crippen molar-refractivity contribution in [3.8, 4) is 0 Å². The van der Waals surface area contributed by atoms with Gasteiger partial charge in [0.1, 0.15) is 0 Å². The second kappa shape index (κ2) is 6.86. The number of piperidine rings is 1. The average Bonchev–Trinajstić information content (AvgIpc) is 2.29. The normalized spacial score (nSPS) is 24.1. The van der Waals surface area contributed by atoms with Crippen LogP contribution in [0, 0.1) is 5.92 Å². The minimum atomic E-state index is -0.0980. The summed E-state index contributed by atoms with van der Waals surface area (Å²) in [6, 6.07) is 0.525. The molecule has 0 bridgehead atoms. The fourth-order valence-corrected chi connectivity index (χ4v) is 2.20.